The molecular weight excluding hydrogens is 257 g/mol. The third kappa shape index (κ3) is 4.38. The van der Waals surface area contributed by atoms with E-state index in [1.807, 2.05) is 0 Å². The zero-order valence-corrected chi connectivity index (χ0v) is 9.93. The number of morpholine rings is 1. The number of hydrogen-bond acceptors (Lipinski definition) is 4. The minimum absolute atomic E-state index is 0.208. The first-order valence-corrected chi connectivity index (χ1v) is 5.56. The molecule has 100 valence electrons. The van der Waals surface area contributed by atoms with Crippen LogP contribution in [0.1, 0.15) is 0 Å². The fourth-order valence-electron chi connectivity index (χ4n) is 1.67. The molecule has 0 amide bonds. The van der Waals surface area contributed by atoms with E-state index in [2.05, 4.69) is 12.2 Å². The second-order valence-corrected chi connectivity index (χ2v) is 4.40. The lowest BCUT2D eigenvalue weighted by atomic mass is 10.1. The maximum atomic E-state index is 12.6. The van der Waals surface area contributed by atoms with Gasteiger partial charge in [0.2, 0.25) is 0 Å². The molecule has 0 bridgehead atoms. The molecule has 3 N–H and O–H groups in total. The van der Waals surface area contributed by atoms with Gasteiger partial charge in [-0.05, 0) is 0 Å². The number of halogens is 3. The van der Waals surface area contributed by atoms with Crippen molar-refractivity contribution in [2.75, 3.05) is 32.8 Å². The highest BCUT2D eigenvalue weighted by Crippen LogP contribution is 2.27. The summed E-state index contributed by atoms with van der Waals surface area (Å²) in [4.78, 5) is 1.01. The summed E-state index contributed by atoms with van der Waals surface area (Å²) in [5, 5.41) is 8.89. The van der Waals surface area contributed by atoms with Gasteiger partial charge < -0.3 is 15.6 Å². The molecule has 1 rings (SSSR count). The number of alkyl halides is 3. The Balaban J connectivity index is 2.58. The smallest absolute Gasteiger partial charge is 0.394 e. The first-order chi connectivity index (χ1) is 7.84. The molecule has 1 heterocycles. The molecule has 2 atom stereocenters. The van der Waals surface area contributed by atoms with Crippen molar-refractivity contribution in [2.45, 2.75) is 12.3 Å². The van der Waals surface area contributed by atoms with Crippen LogP contribution in [0.5, 0.6) is 0 Å². The van der Waals surface area contributed by atoms with Gasteiger partial charge in [0, 0.05) is 19.6 Å². The summed E-state index contributed by atoms with van der Waals surface area (Å²) in [5.41, 5.74) is 5.11. The second kappa shape index (κ2) is 5.94. The lowest BCUT2D eigenvalue weighted by Crippen LogP contribution is -2.50. The van der Waals surface area contributed by atoms with Gasteiger partial charge in [-0.1, -0.05) is 12.2 Å². The summed E-state index contributed by atoms with van der Waals surface area (Å²) in [5.74, 6) is -1.81. The third-order valence-corrected chi connectivity index (χ3v) is 2.89. The zero-order chi connectivity index (χ0) is 13.1. The Morgan fingerprint density at radius 1 is 1.59 bits per heavy atom. The Labute approximate surface area is 103 Å². The predicted octanol–water partition coefficient (Wildman–Crippen LogP) is 0.144. The summed E-state index contributed by atoms with van der Waals surface area (Å²) in [6.07, 6.45) is -4.87. The van der Waals surface area contributed by atoms with E-state index in [1.54, 1.807) is 4.90 Å². The van der Waals surface area contributed by atoms with Crippen LogP contribution in [0.25, 0.3) is 0 Å². The molecule has 0 spiro atoms. The van der Waals surface area contributed by atoms with E-state index in [0.717, 1.165) is 0 Å². The molecule has 0 aromatic carbocycles. The molecule has 2 unspecified atom stereocenters. The Morgan fingerprint density at radius 3 is 2.71 bits per heavy atom. The number of nitrogens with zero attached hydrogens (tertiary/aromatic N) is 1. The van der Waals surface area contributed by atoms with Gasteiger partial charge in [-0.15, -0.1) is 0 Å². The van der Waals surface area contributed by atoms with E-state index in [-0.39, 0.29) is 19.7 Å². The Kier molecular flexibility index (Phi) is 5.11. The van der Waals surface area contributed by atoms with Crippen LogP contribution in [0.15, 0.2) is 0 Å². The number of nitrogens with two attached hydrogens (primary N) is 1. The first kappa shape index (κ1) is 14.6. The van der Waals surface area contributed by atoms with Gasteiger partial charge in [-0.25, -0.2) is 0 Å². The van der Waals surface area contributed by atoms with Gasteiger partial charge in [0.1, 0.15) is 5.92 Å². The van der Waals surface area contributed by atoms with Crippen LogP contribution in [-0.4, -0.2) is 60.1 Å². The van der Waals surface area contributed by atoms with E-state index in [4.69, 9.17) is 15.6 Å². The van der Waals surface area contributed by atoms with Crippen molar-refractivity contribution < 1.29 is 23.0 Å². The monoisotopic (exact) mass is 272 g/mol. The molecule has 1 aliphatic heterocycles. The lowest BCUT2D eigenvalue weighted by molar-refractivity contribution is -0.163. The summed E-state index contributed by atoms with van der Waals surface area (Å²) in [6.45, 7) is 0.448. The molecule has 17 heavy (non-hydrogen) atoms. The number of ether oxygens (including phenoxy) is 1. The Hall–Kier alpha value is -0.440. The van der Waals surface area contributed by atoms with Gasteiger partial charge in [0.15, 0.2) is 0 Å². The average molecular weight is 272 g/mol. The van der Waals surface area contributed by atoms with E-state index in [0.29, 0.717) is 13.2 Å². The van der Waals surface area contributed by atoms with Crippen LogP contribution >= 0.6 is 12.2 Å². The molecule has 0 aliphatic carbocycles. The van der Waals surface area contributed by atoms with E-state index < -0.39 is 23.2 Å². The van der Waals surface area contributed by atoms with E-state index in [9.17, 15) is 13.2 Å². The standard InChI is InChI=1S/C9H15F3N2O2S/c10-9(11,12)7(8(13)17)4-14-1-2-16-6(3-14)5-15/h6-7,15H,1-5H2,(H2,13,17). The normalized spacial score (nSPS) is 24.6. The molecule has 1 saturated heterocycles. The largest absolute Gasteiger partial charge is 0.399 e. The number of aliphatic hydroxyl groups is 1. The molecular formula is C9H15F3N2O2S. The quantitative estimate of drug-likeness (QED) is 0.713. The number of hydrogen-bond donors (Lipinski definition) is 2. The van der Waals surface area contributed by atoms with Crippen LogP contribution in [0.4, 0.5) is 13.2 Å². The predicted molar refractivity (Wildman–Crippen MR) is 59.6 cm³/mol. The number of rotatable bonds is 4. The first-order valence-electron chi connectivity index (χ1n) is 5.15. The lowest BCUT2D eigenvalue weighted by Gasteiger charge is -2.34. The van der Waals surface area contributed by atoms with Crippen LogP contribution in [-0.2, 0) is 4.74 Å². The van der Waals surface area contributed by atoms with Crippen molar-refractivity contribution in [3.05, 3.63) is 0 Å². The molecule has 1 aliphatic rings. The zero-order valence-electron chi connectivity index (χ0n) is 9.11. The van der Waals surface area contributed by atoms with Crippen molar-refractivity contribution >= 4 is 17.2 Å². The highest BCUT2D eigenvalue weighted by molar-refractivity contribution is 7.80. The van der Waals surface area contributed by atoms with Crippen molar-refractivity contribution in [3.63, 3.8) is 0 Å². The molecule has 0 aromatic heterocycles. The summed E-state index contributed by atoms with van der Waals surface area (Å²) in [6, 6.07) is 0. The highest BCUT2D eigenvalue weighted by Gasteiger charge is 2.43. The van der Waals surface area contributed by atoms with Crippen molar-refractivity contribution in [3.8, 4) is 0 Å². The van der Waals surface area contributed by atoms with Crippen LogP contribution < -0.4 is 5.73 Å². The molecule has 8 heteroatoms. The topological polar surface area (TPSA) is 58.7 Å². The van der Waals surface area contributed by atoms with Gasteiger partial charge in [-0.3, -0.25) is 4.90 Å². The number of aliphatic hydroxyl groups excluding tert-OH is 1. The molecule has 1 fully saturated rings. The van der Waals surface area contributed by atoms with Crippen LogP contribution in [0, 0.1) is 5.92 Å². The Bertz CT molecular complexity index is 275. The van der Waals surface area contributed by atoms with Gasteiger partial charge in [-0.2, -0.15) is 13.2 Å². The molecule has 0 aromatic rings. The highest BCUT2D eigenvalue weighted by atomic mass is 32.1. The summed E-state index contributed by atoms with van der Waals surface area (Å²) in [7, 11) is 0. The van der Waals surface area contributed by atoms with E-state index in [1.165, 1.54) is 0 Å². The maximum absolute atomic E-state index is 12.6. The van der Waals surface area contributed by atoms with E-state index >= 15 is 0 Å². The number of thiocarbonyl (C=S) groups is 1. The van der Waals surface area contributed by atoms with Gasteiger partial charge in [0.25, 0.3) is 0 Å². The van der Waals surface area contributed by atoms with Crippen molar-refractivity contribution in [1.82, 2.24) is 4.90 Å². The molecule has 0 radical (unpaired) electrons. The minimum atomic E-state index is -4.43. The SMILES string of the molecule is NC(=S)C(CN1CCOC(CO)C1)C(F)(F)F. The summed E-state index contributed by atoms with van der Waals surface area (Å²) >= 11 is 4.44. The average Bonchev–Trinajstić information content (AvgIpc) is 2.24. The van der Waals surface area contributed by atoms with Crippen molar-refractivity contribution in [1.29, 1.82) is 0 Å². The van der Waals surface area contributed by atoms with Crippen LogP contribution in [0.2, 0.25) is 0 Å². The molecule has 4 nitrogen and oxygen atoms in total. The fraction of sp³-hybridized carbons (Fsp3) is 0.889. The van der Waals surface area contributed by atoms with Crippen molar-refractivity contribution in [2.24, 2.45) is 11.7 Å². The minimum Gasteiger partial charge on any atom is -0.394 e. The summed E-state index contributed by atoms with van der Waals surface area (Å²) < 4.78 is 43.0. The third-order valence-electron chi connectivity index (χ3n) is 2.61. The maximum Gasteiger partial charge on any atom is 0.399 e. The Morgan fingerprint density at radius 2 is 2.24 bits per heavy atom. The van der Waals surface area contributed by atoms with Gasteiger partial charge in [0.05, 0.1) is 24.3 Å². The molecule has 0 saturated carbocycles. The van der Waals surface area contributed by atoms with Crippen LogP contribution in [0.3, 0.4) is 0 Å². The van der Waals surface area contributed by atoms with Gasteiger partial charge >= 0.3 is 6.18 Å². The second-order valence-electron chi connectivity index (χ2n) is 3.93. The fourth-order valence-corrected chi connectivity index (χ4v) is 1.88.